The second-order valence-corrected chi connectivity index (χ2v) is 10.8. The summed E-state index contributed by atoms with van der Waals surface area (Å²) in [5.41, 5.74) is 3.97. The number of hydrogen-bond donors (Lipinski definition) is 0. The Kier molecular flexibility index (Phi) is 5.17. The van der Waals surface area contributed by atoms with E-state index in [0.29, 0.717) is 13.2 Å². The number of hydrogen-bond acceptors (Lipinski definition) is 6. The Morgan fingerprint density at radius 1 is 0.357 bits per heavy atom. The summed E-state index contributed by atoms with van der Waals surface area (Å²) in [4.78, 5) is 0. The Bertz CT molecular complexity index is 1910. The van der Waals surface area contributed by atoms with Crippen molar-refractivity contribution in [1.29, 1.82) is 0 Å². The lowest BCUT2D eigenvalue weighted by Crippen LogP contribution is -2.03. The van der Waals surface area contributed by atoms with Gasteiger partial charge in [0.15, 0.2) is 0 Å². The average Bonchev–Trinajstić information content (AvgIpc) is 3.34. The first-order valence-electron chi connectivity index (χ1n) is 14.3. The molecule has 3 heterocycles. The smallest absolute Gasteiger partial charge is 0.230 e. The highest BCUT2D eigenvalue weighted by atomic mass is 16.7. The van der Waals surface area contributed by atoms with Crippen LogP contribution in [0.3, 0.4) is 0 Å². The van der Waals surface area contributed by atoms with Gasteiger partial charge in [0.05, 0.1) is 13.2 Å². The van der Waals surface area contributed by atoms with Gasteiger partial charge in [-0.3, -0.25) is 0 Å². The van der Waals surface area contributed by atoms with Crippen molar-refractivity contribution in [2.75, 3.05) is 26.8 Å². The Labute approximate surface area is 241 Å². The Morgan fingerprint density at radius 2 is 0.738 bits per heavy atom. The van der Waals surface area contributed by atoms with Crippen molar-refractivity contribution in [1.82, 2.24) is 0 Å². The van der Waals surface area contributed by atoms with Gasteiger partial charge in [-0.05, 0) is 106 Å². The van der Waals surface area contributed by atoms with Crippen LogP contribution in [-0.2, 0) is 0 Å². The third-order valence-corrected chi connectivity index (χ3v) is 8.47. The van der Waals surface area contributed by atoms with Crippen LogP contribution in [0.5, 0.6) is 34.5 Å². The molecule has 42 heavy (non-hydrogen) atoms. The van der Waals surface area contributed by atoms with E-state index in [4.69, 9.17) is 28.4 Å². The largest absolute Gasteiger partial charge is 0.494 e. The molecular formula is C36H26O6. The highest BCUT2D eigenvalue weighted by Crippen LogP contribution is 2.53. The molecule has 0 unspecified atom stereocenters. The molecular weight excluding hydrogens is 528 g/mol. The summed E-state index contributed by atoms with van der Waals surface area (Å²) in [5, 5.41) is 6.40. The molecule has 6 heteroatoms. The standard InChI is InChI=1S/C36H26O6/c1-2-16-38-24-8-4-22-6-12-30-36(28(22)18-24)34-26-10-13-31-33(25(26)9-14-32(34)42-20-40-30)35-27-17-23(37-15-1)7-3-21(27)5-11-29(35)39-19-41-31/h3-14,17-18H,1-2,15-16,19-20H2. The predicted molar refractivity (Wildman–Crippen MR) is 162 cm³/mol. The fraction of sp³-hybridized carbons (Fsp3) is 0.167. The molecule has 0 atom stereocenters. The van der Waals surface area contributed by atoms with Crippen LogP contribution >= 0.6 is 0 Å². The monoisotopic (exact) mass is 554 g/mol. The number of benzene rings is 6. The van der Waals surface area contributed by atoms with E-state index in [1.807, 2.05) is 36.4 Å². The maximum Gasteiger partial charge on any atom is 0.230 e. The lowest BCUT2D eigenvalue weighted by atomic mass is 9.87. The molecule has 0 saturated carbocycles. The number of fused-ring (bicyclic) bond motifs is 2. The fourth-order valence-corrected chi connectivity index (χ4v) is 6.51. The van der Waals surface area contributed by atoms with Gasteiger partial charge in [-0.1, -0.05) is 24.3 Å². The first-order valence-corrected chi connectivity index (χ1v) is 14.3. The number of ether oxygens (including phenoxy) is 6. The maximum absolute atomic E-state index is 6.22. The molecule has 0 aromatic heterocycles. The Morgan fingerprint density at radius 3 is 1.19 bits per heavy atom. The van der Waals surface area contributed by atoms with Gasteiger partial charge in [0, 0.05) is 22.3 Å². The topological polar surface area (TPSA) is 55.4 Å². The van der Waals surface area contributed by atoms with Crippen LogP contribution in [0.4, 0.5) is 0 Å². The van der Waals surface area contributed by atoms with Crippen LogP contribution in [-0.4, -0.2) is 26.8 Å². The maximum atomic E-state index is 6.22. The zero-order valence-corrected chi connectivity index (χ0v) is 22.8. The van der Waals surface area contributed by atoms with Crippen LogP contribution in [0.1, 0.15) is 12.8 Å². The highest BCUT2D eigenvalue weighted by molar-refractivity contribution is 6.16. The molecule has 9 rings (SSSR count). The molecule has 3 aliphatic heterocycles. The van der Waals surface area contributed by atoms with Gasteiger partial charge < -0.3 is 28.4 Å². The van der Waals surface area contributed by atoms with Gasteiger partial charge in [0.25, 0.3) is 0 Å². The van der Waals surface area contributed by atoms with Gasteiger partial charge in [-0.2, -0.15) is 0 Å². The van der Waals surface area contributed by atoms with E-state index in [9.17, 15) is 0 Å². The molecule has 6 aromatic rings. The molecule has 0 aliphatic carbocycles. The van der Waals surface area contributed by atoms with Crippen molar-refractivity contribution in [3.8, 4) is 56.8 Å². The second kappa shape index (κ2) is 9.21. The normalized spacial score (nSPS) is 15.2. The van der Waals surface area contributed by atoms with Gasteiger partial charge >= 0.3 is 0 Å². The van der Waals surface area contributed by atoms with Crippen molar-refractivity contribution in [2.24, 2.45) is 0 Å². The molecule has 0 radical (unpaired) electrons. The summed E-state index contributed by atoms with van der Waals surface area (Å²) in [6.45, 7) is 1.48. The molecule has 3 aliphatic rings. The molecule has 6 aromatic carbocycles. The third-order valence-electron chi connectivity index (χ3n) is 8.47. The van der Waals surface area contributed by atoms with Crippen molar-refractivity contribution >= 4 is 32.3 Å². The highest BCUT2D eigenvalue weighted by Gasteiger charge is 2.27. The fourth-order valence-electron chi connectivity index (χ4n) is 6.51. The first kappa shape index (κ1) is 23.6. The minimum absolute atomic E-state index is 0.130. The summed E-state index contributed by atoms with van der Waals surface area (Å²) in [7, 11) is 0. The van der Waals surface area contributed by atoms with Gasteiger partial charge in [0.1, 0.15) is 34.5 Å². The quantitative estimate of drug-likeness (QED) is 0.188. The molecule has 0 saturated heterocycles. The average molecular weight is 555 g/mol. The summed E-state index contributed by atoms with van der Waals surface area (Å²) in [6.07, 6.45) is 1.76. The van der Waals surface area contributed by atoms with Crippen LogP contribution in [0.25, 0.3) is 54.6 Å². The zero-order valence-electron chi connectivity index (χ0n) is 22.8. The third kappa shape index (κ3) is 3.58. The Balaban J connectivity index is 1.43. The summed E-state index contributed by atoms with van der Waals surface area (Å²) < 4.78 is 37.2. The van der Waals surface area contributed by atoms with Crippen LogP contribution in [0.2, 0.25) is 0 Å². The van der Waals surface area contributed by atoms with E-state index in [0.717, 1.165) is 102 Å². The number of rotatable bonds is 0. The van der Waals surface area contributed by atoms with Crippen LogP contribution in [0, 0.1) is 0 Å². The first-order chi connectivity index (χ1) is 20.8. The molecule has 0 N–H and O–H groups in total. The zero-order chi connectivity index (χ0) is 27.6. The summed E-state index contributed by atoms with van der Waals surface area (Å²) >= 11 is 0. The molecule has 0 spiro atoms. The molecule has 0 amide bonds. The molecule has 0 fully saturated rings. The molecule has 206 valence electrons. The lowest BCUT2D eigenvalue weighted by molar-refractivity contribution is 0.124. The van der Waals surface area contributed by atoms with Gasteiger partial charge in [-0.15, -0.1) is 0 Å². The van der Waals surface area contributed by atoms with E-state index < -0.39 is 0 Å². The van der Waals surface area contributed by atoms with E-state index in [1.165, 1.54) is 0 Å². The summed E-state index contributed by atoms with van der Waals surface area (Å²) in [6, 6.07) is 29.1. The van der Waals surface area contributed by atoms with E-state index in [1.54, 1.807) is 0 Å². The minimum atomic E-state index is 0.130. The van der Waals surface area contributed by atoms with Crippen molar-refractivity contribution in [2.45, 2.75) is 12.8 Å². The van der Waals surface area contributed by atoms with E-state index >= 15 is 0 Å². The van der Waals surface area contributed by atoms with Crippen molar-refractivity contribution in [3.63, 3.8) is 0 Å². The van der Waals surface area contributed by atoms with Gasteiger partial charge in [-0.25, -0.2) is 0 Å². The second-order valence-electron chi connectivity index (χ2n) is 10.8. The molecule has 8 bridgehead atoms. The van der Waals surface area contributed by atoms with Crippen LogP contribution in [0.15, 0.2) is 84.9 Å². The lowest BCUT2D eigenvalue weighted by Gasteiger charge is -2.18. The minimum Gasteiger partial charge on any atom is -0.494 e. The van der Waals surface area contributed by atoms with Gasteiger partial charge in [0.2, 0.25) is 13.6 Å². The predicted octanol–water partition coefficient (Wildman–Crippen LogP) is 8.49. The van der Waals surface area contributed by atoms with Crippen LogP contribution < -0.4 is 28.4 Å². The van der Waals surface area contributed by atoms with E-state index in [-0.39, 0.29) is 13.6 Å². The van der Waals surface area contributed by atoms with Crippen molar-refractivity contribution < 1.29 is 28.4 Å². The van der Waals surface area contributed by atoms with E-state index in [2.05, 4.69) is 48.5 Å². The SMILES string of the molecule is c1cc2ccc3c4c2cc1OCCCCOc1ccc2ccc5c(c2c1)-c1c(ccc2c-4c(ccc12)OCO3)OCO5. The van der Waals surface area contributed by atoms with Crippen molar-refractivity contribution in [3.05, 3.63) is 84.9 Å². The molecule has 6 nitrogen and oxygen atoms in total. The summed E-state index contributed by atoms with van der Waals surface area (Å²) in [5.74, 6) is 4.76. The Hall–Kier alpha value is -5.10.